The van der Waals surface area contributed by atoms with E-state index in [9.17, 15) is 4.79 Å². The first kappa shape index (κ1) is 12.4. The van der Waals surface area contributed by atoms with Crippen LogP contribution in [0.5, 0.6) is 0 Å². The fraction of sp³-hybridized carbons (Fsp3) is 0.647. The van der Waals surface area contributed by atoms with Crippen LogP contribution in [-0.2, 0) is 4.79 Å². The monoisotopic (exact) mass is 270 g/mol. The molecule has 0 spiro atoms. The van der Waals surface area contributed by atoms with Gasteiger partial charge in [-0.1, -0.05) is 12.8 Å². The lowest BCUT2D eigenvalue weighted by atomic mass is 10.0. The predicted molar refractivity (Wildman–Crippen MR) is 78.6 cm³/mol. The third-order valence-electron chi connectivity index (χ3n) is 5.40. The summed E-state index contributed by atoms with van der Waals surface area (Å²) in [7, 11) is 0. The number of carbonyl (C=O) groups excluding carboxylic acids is 1. The average molecular weight is 270 g/mol. The van der Waals surface area contributed by atoms with E-state index in [1.165, 1.54) is 31.4 Å². The van der Waals surface area contributed by atoms with Gasteiger partial charge in [0, 0.05) is 25.1 Å². The minimum Gasteiger partial charge on any atom is -0.311 e. The summed E-state index contributed by atoms with van der Waals surface area (Å²) in [4.78, 5) is 18.9. The molecule has 2 saturated carbocycles. The normalized spacial score (nSPS) is 32.9. The lowest BCUT2D eigenvalue weighted by molar-refractivity contribution is -0.119. The van der Waals surface area contributed by atoms with Crippen molar-refractivity contribution >= 4 is 11.6 Å². The fourth-order valence-electron chi connectivity index (χ4n) is 4.35. The molecule has 1 aromatic rings. The highest BCUT2D eigenvalue weighted by atomic mass is 16.2. The first-order valence-electron chi connectivity index (χ1n) is 8.11. The maximum atomic E-state index is 12.2. The maximum absolute atomic E-state index is 12.2. The summed E-state index contributed by atoms with van der Waals surface area (Å²) in [5, 5.41) is 0. The van der Waals surface area contributed by atoms with Crippen LogP contribution in [-0.4, -0.2) is 17.4 Å². The summed E-state index contributed by atoms with van der Waals surface area (Å²) in [6.07, 6.45) is 10.2. The molecule has 2 atom stereocenters. The van der Waals surface area contributed by atoms with Crippen molar-refractivity contribution in [3.05, 3.63) is 24.0 Å². The van der Waals surface area contributed by atoms with E-state index in [2.05, 4.69) is 11.1 Å². The van der Waals surface area contributed by atoms with Crippen LogP contribution in [0.1, 0.15) is 56.6 Å². The van der Waals surface area contributed by atoms with Gasteiger partial charge in [-0.2, -0.15) is 0 Å². The molecule has 0 aromatic carbocycles. The van der Waals surface area contributed by atoms with Crippen molar-refractivity contribution in [2.75, 3.05) is 11.4 Å². The van der Waals surface area contributed by atoms with Gasteiger partial charge in [-0.15, -0.1) is 0 Å². The third-order valence-corrected chi connectivity index (χ3v) is 5.40. The second-order valence-corrected chi connectivity index (χ2v) is 6.55. The molecule has 1 aromatic heterocycles. The molecule has 2 unspecified atom stereocenters. The summed E-state index contributed by atoms with van der Waals surface area (Å²) >= 11 is 0. The average Bonchev–Trinajstić information content (AvgIpc) is 3.22. The largest absolute Gasteiger partial charge is 0.311 e. The molecule has 0 bridgehead atoms. The Kier molecular flexibility index (Phi) is 3.01. The Morgan fingerprint density at radius 3 is 2.65 bits per heavy atom. The van der Waals surface area contributed by atoms with E-state index in [1.807, 2.05) is 17.2 Å². The van der Waals surface area contributed by atoms with Crippen LogP contribution in [0.4, 0.5) is 5.69 Å². The minimum absolute atomic E-state index is 0.286. The lowest BCUT2D eigenvalue weighted by Crippen LogP contribution is -2.36. The maximum Gasteiger partial charge on any atom is 0.227 e. The zero-order valence-corrected chi connectivity index (χ0v) is 11.9. The number of carbonyl (C=O) groups is 1. The quantitative estimate of drug-likeness (QED) is 0.824. The number of rotatable bonds is 2. The molecule has 1 amide bonds. The fourth-order valence-corrected chi connectivity index (χ4v) is 4.35. The standard InChI is InChI=1S/C17H22N2O/c20-15-9-3-4-11-19(15)14-8-5-10-18-17(14)16-12-6-1-2-7-13(12)16/h5,8,10,12-13,16H,1-4,6-7,9,11H2. The molecule has 20 heavy (non-hydrogen) atoms. The SMILES string of the molecule is O=C1CCCCN1c1cccnc1C1C2CCCCC21. The molecule has 3 heteroatoms. The number of aromatic nitrogens is 1. The number of anilines is 1. The van der Waals surface area contributed by atoms with Crippen LogP contribution in [0.15, 0.2) is 18.3 Å². The van der Waals surface area contributed by atoms with Gasteiger partial charge in [-0.3, -0.25) is 9.78 Å². The Hall–Kier alpha value is -1.38. The van der Waals surface area contributed by atoms with E-state index in [0.717, 1.165) is 36.9 Å². The van der Waals surface area contributed by atoms with Crippen molar-refractivity contribution in [2.45, 2.75) is 50.9 Å². The molecule has 0 radical (unpaired) electrons. The Bertz CT molecular complexity index is 515. The molecule has 2 aliphatic carbocycles. The molecule has 3 nitrogen and oxygen atoms in total. The molecule has 1 aliphatic heterocycles. The van der Waals surface area contributed by atoms with Gasteiger partial charge >= 0.3 is 0 Å². The summed E-state index contributed by atoms with van der Waals surface area (Å²) in [5.74, 6) is 2.60. The number of piperidine rings is 1. The Morgan fingerprint density at radius 2 is 1.90 bits per heavy atom. The van der Waals surface area contributed by atoms with Gasteiger partial charge in [-0.25, -0.2) is 0 Å². The van der Waals surface area contributed by atoms with Gasteiger partial charge in [0.1, 0.15) is 0 Å². The highest BCUT2D eigenvalue weighted by molar-refractivity contribution is 5.94. The highest BCUT2D eigenvalue weighted by Gasteiger charge is 2.53. The first-order valence-corrected chi connectivity index (χ1v) is 8.11. The van der Waals surface area contributed by atoms with Gasteiger partial charge in [-0.05, 0) is 49.7 Å². The first-order chi connectivity index (χ1) is 9.86. The van der Waals surface area contributed by atoms with E-state index < -0.39 is 0 Å². The topological polar surface area (TPSA) is 33.2 Å². The number of hydrogen-bond acceptors (Lipinski definition) is 2. The zero-order chi connectivity index (χ0) is 13.5. The van der Waals surface area contributed by atoms with Crippen molar-refractivity contribution in [1.29, 1.82) is 0 Å². The van der Waals surface area contributed by atoms with E-state index in [0.29, 0.717) is 12.3 Å². The van der Waals surface area contributed by atoms with Crippen molar-refractivity contribution in [3.63, 3.8) is 0 Å². The zero-order valence-electron chi connectivity index (χ0n) is 11.9. The van der Waals surface area contributed by atoms with Crippen molar-refractivity contribution in [2.24, 2.45) is 11.8 Å². The van der Waals surface area contributed by atoms with E-state index in [1.54, 1.807) is 0 Å². The van der Waals surface area contributed by atoms with Gasteiger partial charge in [0.25, 0.3) is 0 Å². The van der Waals surface area contributed by atoms with Gasteiger partial charge in [0.2, 0.25) is 5.91 Å². The van der Waals surface area contributed by atoms with Gasteiger partial charge < -0.3 is 4.90 Å². The second kappa shape index (κ2) is 4.87. The van der Waals surface area contributed by atoms with E-state index in [-0.39, 0.29) is 5.91 Å². The van der Waals surface area contributed by atoms with Crippen LogP contribution in [0, 0.1) is 11.8 Å². The molecule has 3 fully saturated rings. The molecule has 1 saturated heterocycles. The summed E-state index contributed by atoms with van der Waals surface area (Å²) in [5.41, 5.74) is 2.32. The van der Waals surface area contributed by atoms with Crippen LogP contribution in [0.3, 0.4) is 0 Å². The molecule has 106 valence electrons. The van der Waals surface area contributed by atoms with Crippen molar-refractivity contribution < 1.29 is 4.79 Å². The molecular weight excluding hydrogens is 248 g/mol. The lowest BCUT2D eigenvalue weighted by Gasteiger charge is -2.28. The molecule has 2 heterocycles. The third kappa shape index (κ3) is 1.95. The molecule has 3 aliphatic rings. The van der Waals surface area contributed by atoms with Gasteiger partial charge in [0.15, 0.2) is 0 Å². The van der Waals surface area contributed by atoms with Crippen LogP contribution < -0.4 is 4.90 Å². The molecule has 4 rings (SSSR count). The number of pyridine rings is 1. The number of nitrogens with zero attached hydrogens (tertiary/aromatic N) is 2. The molecular formula is C17H22N2O. The number of amides is 1. The second-order valence-electron chi connectivity index (χ2n) is 6.55. The Morgan fingerprint density at radius 1 is 1.10 bits per heavy atom. The predicted octanol–water partition coefficient (Wildman–Crippen LogP) is 3.50. The van der Waals surface area contributed by atoms with Gasteiger partial charge in [0.05, 0.1) is 11.4 Å². The smallest absolute Gasteiger partial charge is 0.227 e. The van der Waals surface area contributed by atoms with Crippen LogP contribution in [0.25, 0.3) is 0 Å². The Balaban J connectivity index is 1.65. The Labute approximate surface area is 120 Å². The van der Waals surface area contributed by atoms with E-state index >= 15 is 0 Å². The number of hydrogen-bond donors (Lipinski definition) is 0. The number of fused-ring (bicyclic) bond motifs is 1. The molecule has 0 N–H and O–H groups in total. The highest BCUT2D eigenvalue weighted by Crippen LogP contribution is 2.62. The minimum atomic E-state index is 0.286. The van der Waals surface area contributed by atoms with Crippen molar-refractivity contribution in [3.8, 4) is 0 Å². The van der Waals surface area contributed by atoms with Crippen LogP contribution in [0.2, 0.25) is 0 Å². The summed E-state index contributed by atoms with van der Waals surface area (Å²) in [6.45, 7) is 0.875. The van der Waals surface area contributed by atoms with E-state index in [4.69, 9.17) is 0 Å². The summed E-state index contributed by atoms with van der Waals surface area (Å²) in [6, 6.07) is 4.09. The van der Waals surface area contributed by atoms with Crippen molar-refractivity contribution in [1.82, 2.24) is 4.98 Å². The summed E-state index contributed by atoms with van der Waals surface area (Å²) < 4.78 is 0. The van der Waals surface area contributed by atoms with Crippen LogP contribution >= 0.6 is 0 Å².